The predicted octanol–water partition coefficient (Wildman–Crippen LogP) is 2.03. The smallest absolute Gasteiger partial charge is 0.407 e. The average molecular weight is 469 g/mol. The Kier molecular flexibility index (Phi) is 7.14. The number of carboxylic acids is 1. The Morgan fingerprint density at radius 2 is 1.62 bits per heavy atom. The molecule has 1 heterocycles. The van der Waals surface area contributed by atoms with Crippen LogP contribution < -0.4 is 10.6 Å². The van der Waals surface area contributed by atoms with Gasteiger partial charge in [0.05, 0.1) is 12.1 Å². The molecule has 4 N–H and O–H groups in total. The van der Waals surface area contributed by atoms with Gasteiger partial charge in [0.25, 0.3) is 0 Å². The summed E-state index contributed by atoms with van der Waals surface area (Å²) in [5.41, 5.74) is 3.60. The maximum absolute atomic E-state index is 12.8. The maximum atomic E-state index is 12.8. The summed E-state index contributed by atoms with van der Waals surface area (Å²) in [6.07, 6.45) is -1.57. The fourth-order valence-electron chi connectivity index (χ4n) is 4.63. The third kappa shape index (κ3) is 5.21. The van der Waals surface area contributed by atoms with Crippen LogP contribution in [0.5, 0.6) is 0 Å². The molecule has 2 aromatic rings. The lowest BCUT2D eigenvalue weighted by Crippen LogP contribution is -2.55. The number of carbonyl (C=O) groups excluding carboxylic acids is 2. The molecule has 180 valence electrons. The van der Waals surface area contributed by atoms with Crippen molar-refractivity contribution >= 4 is 18.0 Å². The SMILES string of the molecule is O=C(CC1(NC(=O)OCC2c3ccccc3-c3ccccc32)CCOCC1)NCC(O)C(=O)O. The van der Waals surface area contributed by atoms with Crippen molar-refractivity contribution in [3.63, 3.8) is 0 Å². The first-order valence-electron chi connectivity index (χ1n) is 11.3. The van der Waals surface area contributed by atoms with Crippen LogP contribution in [-0.2, 0) is 19.1 Å². The molecule has 2 aromatic carbocycles. The Balaban J connectivity index is 1.39. The lowest BCUT2D eigenvalue weighted by molar-refractivity contribution is -0.146. The predicted molar refractivity (Wildman–Crippen MR) is 122 cm³/mol. The number of ether oxygens (including phenoxy) is 2. The van der Waals surface area contributed by atoms with E-state index in [1.807, 2.05) is 36.4 Å². The molecule has 2 aliphatic rings. The highest BCUT2D eigenvalue weighted by molar-refractivity contribution is 5.81. The minimum absolute atomic E-state index is 0.0765. The molecule has 9 heteroatoms. The van der Waals surface area contributed by atoms with Gasteiger partial charge < -0.3 is 30.3 Å². The highest BCUT2D eigenvalue weighted by Crippen LogP contribution is 2.44. The maximum Gasteiger partial charge on any atom is 0.407 e. The number of fused-ring (bicyclic) bond motifs is 3. The number of rotatable bonds is 8. The van der Waals surface area contributed by atoms with Crippen LogP contribution in [0.1, 0.15) is 36.3 Å². The van der Waals surface area contributed by atoms with E-state index < -0.39 is 36.2 Å². The summed E-state index contributed by atoms with van der Waals surface area (Å²) < 4.78 is 11.0. The quantitative estimate of drug-likeness (QED) is 0.466. The first-order valence-corrected chi connectivity index (χ1v) is 11.3. The second-order valence-corrected chi connectivity index (χ2v) is 8.68. The number of carbonyl (C=O) groups is 3. The number of aliphatic hydroxyl groups excluding tert-OH is 1. The second-order valence-electron chi connectivity index (χ2n) is 8.68. The monoisotopic (exact) mass is 468 g/mol. The highest BCUT2D eigenvalue weighted by Gasteiger charge is 2.38. The van der Waals surface area contributed by atoms with E-state index in [0.717, 1.165) is 22.3 Å². The molecule has 34 heavy (non-hydrogen) atoms. The molecule has 0 saturated carbocycles. The van der Waals surface area contributed by atoms with Gasteiger partial charge in [-0.25, -0.2) is 9.59 Å². The molecule has 0 bridgehead atoms. The summed E-state index contributed by atoms with van der Waals surface area (Å²) in [7, 11) is 0. The number of amides is 2. The van der Waals surface area contributed by atoms with Crippen molar-refractivity contribution in [1.82, 2.24) is 10.6 Å². The van der Waals surface area contributed by atoms with E-state index >= 15 is 0 Å². The Hall–Kier alpha value is -3.43. The number of alkyl carbamates (subject to hydrolysis) is 1. The zero-order valence-corrected chi connectivity index (χ0v) is 18.7. The van der Waals surface area contributed by atoms with Crippen molar-refractivity contribution in [2.45, 2.75) is 36.8 Å². The number of nitrogens with one attached hydrogen (secondary N) is 2. The zero-order valence-electron chi connectivity index (χ0n) is 18.7. The molecule has 1 aliphatic heterocycles. The number of hydrogen-bond donors (Lipinski definition) is 4. The van der Waals surface area contributed by atoms with Crippen molar-refractivity contribution < 1.29 is 34.1 Å². The molecule has 0 spiro atoms. The number of carboxylic acid groups (broad SMARTS) is 1. The lowest BCUT2D eigenvalue weighted by atomic mass is 9.86. The van der Waals surface area contributed by atoms with Gasteiger partial charge >= 0.3 is 12.1 Å². The van der Waals surface area contributed by atoms with E-state index in [2.05, 4.69) is 22.8 Å². The van der Waals surface area contributed by atoms with Gasteiger partial charge in [0.1, 0.15) is 6.61 Å². The summed E-state index contributed by atoms with van der Waals surface area (Å²) in [4.78, 5) is 36.0. The summed E-state index contributed by atoms with van der Waals surface area (Å²) in [5.74, 6) is -1.97. The van der Waals surface area contributed by atoms with Gasteiger partial charge in [-0.2, -0.15) is 0 Å². The minimum atomic E-state index is -1.69. The summed E-state index contributed by atoms with van der Waals surface area (Å²) in [5, 5.41) is 23.4. The van der Waals surface area contributed by atoms with Crippen LogP contribution in [0.3, 0.4) is 0 Å². The number of aliphatic carboxylic acids is 1. The van der Waals surface area contributed by atoms with Gasteiger partial charge in [0.15, 0.2) is 6.10 Å². The Morgan fingerprint density at radius 3 is 2.21 bits per heavy atom. The van der Waals surface area contributed by atoms with Crippen molar-refractivity contribution in [3.05, 3.63) is 59.7 Å². The Labute approximate surface area is 197 Å². The number of aliphatic hydroxyl groups is 1. The zero-order chi connectivity index (χ0) is 24.1. The topological polar surface area (TPSA) is 134 Å². The largest absolute Gasteiger partial charge is 0.479 e. The van der Waals surface area contributed by atoms with Gasteiger partial charge in [-0.15, -0.1) is 0 Å². The molecule has 1 unspecified atom stereocenters. The molecule has 1 atom stereocenters. The summed E-state index contributed by atoms with van der Waals surface area (Å²) in [6, 6.07) is 16.1. The van der Waals surface area contributed by atoms with Crippen LogP contribution in [-0.4, -0.2) is 66.2 Å². The molecular weight excluding hydrogens is 440 g/mol. The van der Waals surface area contributed by atoms with E-state index in [1.165, 1.54) is 0 Å². The molecule has 2 amide bonds. The fraction of sp³-hybridized carbons (Fsp3) is 0.400. The van der Waals surface area contributed by atoms with Crippen molar-refractivity contribution in [2.24, 2.45) is 0 Å². The van der Waals surface area contributed by atoms with Gasteiger partial charge in [0.2, 0.25) is 5.91 Å². The number of benzene rings is 2. The third-order valence-electron chi connectivity index (χ3n) is 6.44. The van der Waals surface area contributed by atoms with Crippen molar-refractivity contribution in [1.29, 1.82) is 0 Å². The molecule has 1 saturated heterocycles. The van der Waals surface area contributed by atoms with Crippen LogP contribution in [0.2, 0.25) is 0 Å². The summed E-state index contributed by atoms with van der Waals surface area (Å²) in [6.45, 7) is 0.485. The first kappa shape index (κ1) is 23.7. The van der Waals surface area contributed by atoms with Crippen LogP contribution in [0, 0.1) is 0 Å². The normalized spacial score (nSPS) is 17.2. The van der Waals surface area contributed by atoms with E-state index in [9.17, 15) is 19.5 Å². The molecule has 4 rings (SSSR count). The van der Waals surface area contributed by atoms with Crippen molar-refractivity contribution in [2.75, 3.05) is 26.4 Å². The van der Waals surface area contributed by atoms with E-state index in [4.69, 9.17) is 14.6 Å². The summed E-state index contributed by atoms with van der Waals surface area (Å²) >= 11 is 0. The number of hydrogen-bond acceptors (Lipinski definition) is 6. The average Bonchev–Trinajstić information content (AvgIpc) is 3.15. The van der Waals surface area contributed by atoms with Gasteiger partial charge in [-0.05, 0) is 35.1 Å². The van der Waals surface area contributed by atoms with Gasteiger partial charge in [0, 0.05) is 25.6 Å². The van der Waals surface area contributed by atoms with Gasteiger partial charge in [-0.3, -0.25) is 4.79 Å². The van der Waals surface area contributed by atoms with Crippen LogP contribution in [0.4, 0.5) is 4.79 Å². The van der Waals surface area contributed by atoms with E-state index in [1.54, 1.807) is 0 Å². The molecule has 1 fully saturated rings. The van der Waals surface area contributed by atoms with E-state index in [-0.39, 0.29) is 18.9 Å². The van der Waals surface area contributed by atoms with Crippen LogP contribution in [0.25, 0.3) is 11.1 Å². The van der Waals surface area contributed by atoms with E-state index in [0.29, 0.717) is 26.1 Å². The van der Waals surface area contributed by atoms with Gasteiger partial charge in [-0.1, -0.05) is 48.5 Å². The molecule has 9 nitrogen and oxygen atoms in total. The standard InChI is InChI=1S/C25H28N2O7/c28-21(23(30)31)14-26-22(29)13-25(9-11-33-12-10-25)27-24(32)34-15-20-18-7-3-1-5-16(18)17-6-2-4-8-19(17)20/h1-8,20-21,28H,9-15H2,(H,26,29)(H,27,32)(H,30,31). The fourth-order valence-corrected chi connectivity index (χ4v) is 4.63. The third-order valence-corrected chi connectivity index (χ3v) is 6.44. The first-order chi connectivity index (χ1) is 16.4. The minimum Gasteiger partial charge on any atom is -0.479 e. The van der Waals surface area contributed by atoms with Crippen molar-refractivity contribution in [3.8, 4) is 11.1 Å². The highest BCUT2D eigenvalue weighted by atomic mass is 16.5. The Morgan fingerprint density at radius 1 is 1.03 bits per heavy atom. The lowest BCUT2D eigenvalue weighted by Gasteiger charge is -2.37. The molecular formula is C25H28N2O7. The van der Waals surface area contributed by atoms with Crippen LogP contribution >= 0.6 is 0 Å². The molecule has 1 aliphatic carbocycles. The molecule has 0 radical (unpaired) electrons. The Bertz CT molecular complexity index is 1020. The molecule has 0 aromatic heterocycles. The second kappa shape index (κ2) is 10.2. The van der Waals surface area contributed by atoms with Crippen LogP contribution in [0.15, 0.2) is 48.5 Å².